The largest absolute Gasteiger partial charge is 0.389 e. The molecule has 1 rings (SSSR count). The molecule has 0 bridgehead atoms. The van der Waals surface area contributed by atoms with Gasteiger partial charge in [-0.2, -0.15) is 0 Å². The van der Waals surface area contributed by atoms with Gasteiger partial charge in [0.2, 0.25) is 0 Å². The minimum absolute atomic E-state index is 0.119. The highest BCUT2D eigenvalue weighted by Crippen LogP contribution is 2.22. The summed E-state index contributed by atoms with van der Waals surface area (Å²) in [6.07, 6.45) is 2.66. The monoisotopic (exact) mass is 206 g/mol. The van der Waals surface area contributed by atoms with Crippen LogP contribution in [-0.2, 0) is 9.73 Å². The van der Waals surface area contributed by atoms with Crippen molar-refractivity contribution >= 4 is 9.73 Å². The molecule has 0 saturated carbocycles. The molecule has 1 atom stereocenters. The molecule has 0 aromatic heterocycles. The molecule has 0 spiro atoms. The molecular formula is C8H18N2O2S. The highest BCUT2D eigenvalue weighted by Gasteiger charge is 2.33. The molecule has 0 aliphatic carbocycles. The number of nitrogens with one attached hydrogen (secondary N) is 1. The van der Waals surface area contributed by atoms with Gasteiger partial charge in [0, 0.05) is 29.1 Å². The van der Waals surface area contributed by atoms with Crippen LogP contribution in [0.25, 0.3) is 0 Å². The van der Waals surface area contributed by atoms with E-state index in [2.05, 4.69) is 4.90 Å². The first kappa shape index (κ1) is 10.9. The van der Waals surface area contributed by atoms with Crippen molar-refractivity contribution in [3.63, 3.8) is 0 Å². The summed E-state index contributed by atoms with van der Waals surface area (Å²) in [5.74, 6) is 0.119. The quantitative estimate of drug-likeness (QED) is 0.674. The van der Waals surface area contributed by atoms with Gasteiger partial charge < -0.3 is 10.0 Å². The molecule has 13 heavy (non-hydrogen) atoms. The first-order valence-corrected chi connectivity index (χ1v) is 6.57. The van der Waals surface area contributed by atoms with Crippen molar-refractivity contribution in [2.24, 2.45) is 0 Å². The van der Waals surface area contributed by atoms with E-state index >= 15 is 0 Å². The predicted octanol–water partition coefficient (Wildman–Crippen LogP) is 0.120. The van der Waals surface area contributed by atoms with Crippen molar-refractivity contribution in [1.82, 2.24) is 4.90 Å². The lowest BCUT2D eigenvalue weighted by molar-refractivity contribution is 0.00439. The molecule has 0 radical (unpaired) electrons. The van der Waals surface area contributed by atoms with Crippen molar-refractivity contribution in [1.29, 1.82) is 4.78 Å². The number of rotatable bonds is 2. The van der Waals surface area contributed by atoms with E-state index in [0.717, 1.165) is 13.1 Å². The molecule has 0 amide bonds. The fraction of sp³-hybridized carbons (Fsp3) is 1.00. The van der Waals surface area contributed by atoms with E-state index < -0.39 is 15.3 Å². The van der Waals surface area contributed by atoms with Crippen LogP contribution in [0.5, 0.6) is 0 Å². The zero-order chi connectivity index (χ0) is 10.1. The van der Waals surface area contributed by atoms with Crippen LogP contribution in [-0.4, -0.2) is 52.0 Å². The maximum Gasteiger partial charge on any atom is 0.0795 e. The topological polar surface area (TPSA) is 64.4 Å². The molecule has 0 aromatic rings. The van der Waals surface area contributed by atoms with Gasteiger partial charge >= 0.3 is 0 Å². The summed E-state index contributed by atoms with van der Waals surface area (Å²) in [4.78, 5) is 2.13. The number of piperidine rings is 1. The van der Waals surface area contributed by atoms with Gasteiger partial charge in [0.05, 0.1) is 11.4 Å². The molecular weight excluding hydrogens is 188 g/mol. The van der Waals surface area contributed by atoms with Crippen LogP contribution in [0.2, 0.25) is 0 Å². The highest BCUT2D eigenvalue weighted by atomic mass is 32.2. The van der Waals surface area contributed by atoms with E-state index in [-0.39, 0.29) is 5.75 Å². The van der Waals surface area contributed by atoms with Gasteiger partial charge in [0.15, 0.2) is 0 Å². The maximum absolute atomic E-state index is 11.2. The Kier molecular flexibility index (Phi) is 2.99. The fourth-order valence-electron chi connectivity index (χ4n) is 1.69. The first-order chi connectivity index (χ1) is 5.81. The lowest BCUT2D eigenvalue weighted by Crippen LogP contribution is -2.46. The van der Waals surface area contributed by atoms with Gasteiger partial charge in [-0.05, 0) is 19.9 Å². The lowest BCUT2D eigenvalue weighted by Gasteiger charge is -2.36. The molecule has 4 nitrogen and oxygen atoms in total. The second-order valence-corrected chi connectivity index (χ2v) is 6.48. The van der Waals surface area contributed by atoms with Crippen molar-refractivity contribution in [2.75, 3.05) is 32.1 Å². The Hall–Kier alpha value is -0.130. The van der Waals surface area contributed by atoms with Crippen LogP contribution >= 0.6 is 0 Å². The van der Waals surface area contributed by atoms with Crippen LogP contribution in [0, 0.1) is 4.78 Å². The molecule has 0 aromatic carbocycles. The molecule has 1 aliphatic rings. The number of nitrogens with zero attached hydrogens (tertiary/aromatic N) is 1. The molecule has 1 aliphatic heterocycles. The van der Waals surface area contributed by atoms with Crippen LogP contribution < -0.4 is 0 Å². The normalized spacial score (nSPS) is 28.2. The SMILES string of the molecule is CN1CCC(O)(CS(C)(=N)=O)CC1. The Bertz CT molecular complexity index is 266. The third-order valence-electron chi connectivity index (χ3n) is 2.46. The lowest BCUT2D eigenvalue weighted by atomic mass is 9.94. The van der Waals surface area contributed by atoms with E-state index in [9.17, 15) is 9.32 Å². The van der Waals surface area contributed by atoms with Gasteiger partial charge in [0.1, 0.15) is 0 Å². The molecule has 1 unspecified atom stereocenters. The predicted molar refractivity (Wildman–Crippen MR) is 53.3 cm³/mol. The molecule has 5 heteroatoms. The Balaban J connectivity index is 2.58. The number of hydrogen-bond acceptors (Lipinski definition) is 4. The summed E-state index contributed by atoms with van der Waals surface area (Å²) in [5.41, 5.74) is -0.861. The minimum atomic E-state index is -2.57. The standard InChI is InChI=1S/C8H18N2O2S/c1-10-5-3-8(11,4-6-10)7-13(2,9)12/h9,11H,3-7H2,1-2H3. The van der Waals surface area contributed by atoms with Crippen molar-refractivity contribution in [3.05, 3.63) is 0 Å². The Morgan fingerprint density at radius 2 is 2.00 bits per heavy atom. The fourth-order valence-corrected chi connectivity index (χ4v) is 3.01. The second kappa shape index (κ2) is 3.55. The van der Waals surface area contributed by atoms with E-state index in [0.29, 0.717) is 12.8 Å². The maximum atomic E-state index is 11.2. The number of likely N-dealkylation sites (tertiary alicyclic amines) is 1. The first-order valence-electron chi connectivity index (χ1n) is 4.43. The smallest absolute Gasteiger partial charge is 0.0795 e. The molecule has 2 N–H and O–H groups in total. The average Bonchev–Trinajstić information content (AvgIpc) is 1.92. The second-order valence-electron chi connectivity index (χ2n) is 4.18. The third kappa shape index (κ3) is 3.62. The van der Waals surface area contributed by atoms with E-state index in [1.807, 2.05) is 7.05 Å². The van der Waals surface area contributed by atoms with Crippen molar-refractivity contribution < 1.29 is 9.32 Å². The average molecular weight is 206 g/mol. The third-order valence-corrected chi connectivity index (χ3v) is 3.55. The minimum Gasteiger partial charge on any atom is -0.389 e. The summed E-state index contributed by atoms with van der Waals surface area (Å²) < 4.78 is 18.5. The molecule has 1 saturated heterocycles. The van der Waals surface area contributed by atoms with Crippen molar-refractivity contribution in [2.45, 2.75) is 18.4 Å². The molecule has 1 heterocycles. The zero-order valence-electron chi connectivity index (χ0n) is 8.25. The van der Waals surface area contributed by atoms with Gasteiger partial charge in [-0.1, -0.05) is 0 Å². The summed E-state index contributed by atoms with van der Waals surface area (Å²) in [7, 11) is -0.565. The van der Waals surface area contributed by atoms with Gasteiger partial charge in [-0.3, -0.25) is 8.99 Å². The summed E-state index contributed by atoms with van der Waals surface area (Å²) in [5, 5.41) is 10.00. The van der Waals surface area contributed by atoms with Gasteiger partial charge in [-0.15, -0.1) is 0 Å². The van der Waals surface area contributed by atoms with Crippen LogP contribution in [0.4, 0.5) is 0 Å². The van der Waals surface area contributed by atoms with E-state index in [4.69, 9.17) is 4.78 Å². The van der Waals surface area contributed by atoms with E-state index in [1.54, 1.807) is 0 Å². The summed E-state index contributed by atoms with van der Waals surface area (Å²) in [6.45, 7) is 1.65. The number of hydrogen-bond donors (Lipinski definition) is 2. The van der Waals surface area contributed by atoms with Gasteiger partial charge in [-0.25, -0.2) is 0 Å². The Morgan fingerprint density at radius 1 is 1.54 bits per heavy atom. The zero-order valence-corrected chi connectivity index (χ0v) is 9.06. The van der Waals surface area contributed by atoms with Crippen LogP contribution in [0.1, 0.15) is 12.8 Å². The van der Waals surface area contributed by atoms with Gasteiger partial charge in [0.25, 0.3) is 0 Å². The van der Waals surface area contributed by atoms with Crippen LogP contribution in [0.15, 0.2) is 0 Å². The number of aliphatic hydroxyl groups is 1. The summed E-state index contributed by atoms with van der Waals surface area (Å²) in [6, 6.07) is 0. The molecule has 78 valence electrons. The Morgan fingerprint density at radius 3 is 2.38 bits per heavy atom. The molecule has 1 fully saturated rings. The van der Waals surface area contributed by atoms with Crippen molar-refractivity contribution in [3.8, 4) is 0 Å². The highest BCUT2D eigenvalue weighted by molar-refractivity contribution is 7.91. The summed E-state index contributed by atoms with van der Waals surface area (Å²) >= 11 is 0. The van der Waals surface area contributed by atoms with E-state index in [1.165, 1.54) is 6.26 Å². The Labute approximate surface area is 79.9 Å². The van der Waals surface area contributed by atoms with Crippen LogP contribution in [0.3, 0.4) is 0 Å².